The van der Waals surface area contributed by atoms with Gasteiger partial charge in [0.1, 0.15) is 5.75 Å². The zero-order valence-corrected chi connectivity index (χ0v) is 15.6. The Hall–Kier alpha value is -2.66. The Morgan fingerprint density at radius 2 is 1.74 bits per heavy atom. The fourth-order valence-electron chi connectivity index (χ4n) is 3.04. The first kappa shape index (κ1) is 19.1. The molecular weight excluding hydrogens is 364 g/mol. The molecular formula is C21H21ClN2O3. The van der Waals surface area contributed by atoms with Gasteiger partial charge in [-0.1, -0.05) is 43.0 Å². The maximum Gasteiger partial charge on any atom is 0.345 e. The van der Waals surface area contributed by atoms with Gasteiger partial charge < -0.3 is 4.74 Å². The van der Waals surface area contributed by atoms with Crippen molar-refractivity contribution in [2.75, 3.05) is 0 Å². The average molecular weight is 385 g/mol. The van der Waals surface area contributed by atoms with Crippen LogP contribution in [0.1, 0.15) is 48.0 Å². The number of hydrazone groups is 1. The first-order valence-electron chi connectivity index (χ1n) is 9.03. The van der Waals surface area contributed by atoms with Crippen LogP contribution in [0.2, 0.25) is 5.02 Å². The molecule has 6 heteroatoms. The van der Waals surface area contributed by atoms with Crippen molar-refractivity contribution in [1.29, 1.82) is 0 Å². The topological polar surface area (TPSA) is 67.8 Å². The average Bonchev–Trinajstić information content (AvgIpc) is 2.70. The highest BCUT2D eigenvalue weighted by Crippen LogP contribution is 2.23. The van der Waals surface area contributed by atoms with Crippen molar-refractivity contribution in [3.05, 3.63) is 64.7 Å². The number of amides is 1. The number of carbonyl (C=O) groups excluding carboxylic acids is 2. The van der Waals surface area contributed by atoms with E-state index in [1.54, 1.807) is 54.7 Å². The zero-order chi connectivity index (χ0) is 19.1. The van der Waals surface area contributed by atoms with Gasteiger partial charge in [0.05, 0.1) is 16.8 Å². The number of rotatable bonds is 5. The van der Waals surface area contributed by atoms with Gasteiger partial charge in [0.25, 0.3) is 0 Å². The van der Waals surface area contributed by atoms with Crippen LogP contribution < -0.4 is 10.2 Å². The van der Waals surface area contributed by atoms with Crippen molar-refractivity contribution in [3.63, 3.8) is 0 Å². The van der Waals surface area contributed by atoms with Crippen molar-refractivity contribution in [2.45, 2.75) is 32.1 Å². The molecule has 0 spiro atoms. The van der Waals surface area contributed by atoms with Gasteiger partial charge in [0.15, 0.2) is 0 Å². The molecule has 5 nitrogen and oxygen atoms in total. The van der Waals surface area contributed by atoms with Gasteiger partial charge in [-0.25, -0.2) is 10.2 Å². The van der Waals surface area contributed by atoms with Gasteiger partial charge in [-0.2, -0.15) is 5.10 Å². The number of nitrogens with one attached hydrogen (secondary N) is 1. The first-order valence-corrected chi connectivity index (χ1v) is 9.41. The summed E-state index contributed by atoms with van der Waals surface area (Å²) in [6, 6.07) is 13.6. The maximum atomic E-state index is 12.1. The van der Waals surface area contributed by atoms with Crippen LogP contribution in [0.25, 0.3) is 0 Å². The van der Waals surface area contributed by atoms with E-state index in [1.165, 1.54) is 6.42 Å². The minimum Gasteiger partial charge on any atom is -0.423 e. The second-order valence-electron chi connectivity index (χ2n) is 6.51. The van der Waals surface area contributed by atoms with Crippen LogP contribution in [0.5, 0.6) is 5.75 Å². The summed E-state index contributed by atoms with van der Waals surface area (Å²) in [5.74, 6) is -0.0520. The van der Waals surface area contributed by atoms with Crippen LogP contribution in [-0.2, 0) is 4.79 Å². The molecule has 0 atom stereocenters. The van der Waals surface area contributed by atoms with Gasteiger partial charge >= 0.3 is 5.97 Å². The minimum absolute atomic E-state index is 0.0174. The first-order chi connectivity index (χ1) is 13.1. The number of halogens is 1. The van der Waals surface area contributed by atoms with Crippen molar-refractivity contribution in [1.82, 2.24) is 5.43 Å². The van der Waals surface area contributed by atoms with E-state index < -0.39 is 5.97 Å². The predicted octanol–water partition coefficient (Wildman–Crippen LogP) is 4.59. The monoisotopic (exact) mass is 384 g/mol. The third-order valence-electron chi connectivity index (χ3n) is 4.55. The Kier molecular flexibility index (Phi) is 6.60. The Morgan fingerprint density at radius 3 is 2.44 bits per heavy atom. The molecule has 0 heterocycles. The SMILES string of the molecule is O=C(Oc1ccc(C=NNC(=O)C2CCCCC2)cc1)c1ccccc1Cl. The molecule has 1 saturated carbocycles. The van der Waals surface area contributed by atoms with E-state index in [0.29, 0.717) is 16.3 Å². The molecule has 2 aromatic carbocycles. The summed E-state index contributed by atoms with van der Waals surface area (Å²) in [5, 5.41) is 4.36. The highest BCUT2D eigenvalue weighted by atomic mass is 35.5. The van der Waals surface area contributed by atoms with Gasteiger partial charge in [-0.05, 0) is 54.8 Å². The Morgan fingerprint density at radius 1 is 1.04 bits per heavy atom. The highest BCUT2D eigenvalue weighted by Gasteiger charge is 2.20. The second kappa shape index (κ2) is 9.33. The molecule has 0 unspecified atom stereocenters. The predicted molar refractivity (Wildman–Crippen MR) is 105 cm³/mol. The highest BCUT2D eigenvalue weighted by molar-refractivity contribution is 6.33. The van der Waals surface area contributed by atoms with Crippen molar-refractivity contribution in [3.8, 4) is 5.75 Å². The van der Waals surface area contributed by atoms with Crippen LogP contribution in [0.3, 0.4) is 0 Å². The summed E-state index contributed by atoms with van der Waals surface area (Å²) in [5.41, 5.74) is 3.71. The quantitative estimate of drug-likeness (QED) is 0.355. The molecule has 1 aliphatic rings. The molecule has 2 aromatic rings. The molecule has 140 valence electrons. The maximum absolute atomic E-state index is 12.1. The number of ether oxygens (including phenoxy) is 1. The van der Waals surface area contributed by atoms with E-state index in [1.807, 2.05) is 0 Å². The van der Waals surface area contributed by atoms with Crippen LogP contribution in [-0.4, -0.2) is 18.1 Å². The summed E-state index contributed by atoms with van der Waals surface area (Å²) in [6.07, 6.45) is 6.87. The van der Waals surface area contributed by atoms with Crippen molar-refractivity contribution < 1.29 is 14.3 Å². The molecule has 0 radical (unpaired) electrons. The number of esters is 1. The second-order valence-corrected chi connectivity index (χ2v) is 6.91. The summed E-state index contributed by atoms with van der Waals surface area (Å²) in [7, 11) is 0. The van der Waals surface area contributed by atoms with Crippen molar-refractivity contribution in [2.24, 2.45) is 11.0 Å². The van der Waals surface area contributed by atoms with Crippen LogP contribution in [0.4, 0.5) is 0 Å². The van der Waals surface area contributed by atoms with Crippen LogP contribution >= 0.6 is 11.6 Å². The lowest BCUT2D eigenvalue weighted by atomic mass is 9.89. The molecule has 0 aromatic heterocycles. The molecule has 1 aliphatic carbocycles. The van der Waals surface area contributed by atoms with E-state index in [2.05, 4.69) is 10.5 Å². The number of hydrogen-bond donors (Lipinski definition) is 1. The molecule has 1 N–H and O–H groups in total. The van der Waals surface area contributed by atoms with E-state index in [4.69, 9.17) is 16.3 Å². The number of hydrogen-bond acceptors (Lipinski definition) is 4. The van der Waals surface area contributed by atoms with E-state index in [-0.39, 0.29) is 11.8 Å². The Labute approximate surface area is 163 Å². The standard InChI is InChI=1S/C21H21ClN2O3/c22-19-9-5-4-8-18(19)21(26)27-17-12-10-15(11-13-17)14-23-24-20(25)16-6-2-1-3-7-16/h4-5,8-14,16H,1-3,6-7H2,(H,24,25). The lowest BCUT2D eigenvalue weighted by molar-refractivity contribution is -0.125. The third-order valence-corrected chi connectivity index (χ3v) is 4.88. The lowest BCUT2D eigenvalue weighted by Gasteiger charge is -2.19. The number of nitrogens with zero attached hydrogens (tertiary/aromatic N) is 1. The van der Waals surface area contributed by atoms with E-state index in [0.717, 1.165) is 31.2 Å². The molecule has 0 saturated heterocycles. The smallest absolute Gasteiger partial charge is 0.345 e. The van der Waals surface area contributed by atoms with Crippen LogP contribution in [0.15, 0.2) is 53.6 Å². The van der Waals surface area contributed by atoms with Gasteiger partial charge in [-0.3, -0.25) is 4.79 Å². The largest absolute Gasteiger partial charge is 0.423 e. The minimum atomic E-state index is -0.512. The third kappa shape index (κ3) is 5.41. The summed E-state index contributed by atoms with van der Waals surface area (Å²) >= 11 is 6.00. The molecule has 1 amide bonds. The Bertz CT molecular complexity index is 828. The summed E-state index contributed by atoms with van der Waals surface area (Å²) < 4.78 is 5.32. The van der Waals surface area contributed by atoms with Gasteiger partial charge in [0, 0.05) is 5.92 Å². The molecule has 3 rings (SSSR count). The van der Waals surface area contributed by atoms with E-state index in [9.17, 15) is 9.59 Å². The van der Waals surface area contributed by atoms with Gasteiger partial charge in [-0.15, -0.1) is 0 Å². The number of benzene rings is 2. The molecule has 0 aliphatic heterocycles. The number of carbonyl (C=O) groups is 2. The molecule has 27 heavy (non-hydrogen) atoms. The fraction of sp³-hybridized carbons (Fsp3) is 0.286. The van der Waals surface area contributed by atoms with E-state index >= 15 is 0 Å². The molecule has 1 fully saturated rings. The summed E-state index contributed by atoms with van der Waals surface area (Å²) in [6.45, 7) is 0. The fourth-order valence-corrected chi connectivity index (χ4v) is 3.25. The molecule has 0 bridgehead atoms. The van der Waals surface area contributed by atoms with Crippen molar-refractivity contribution >= 4 is 29.7 Å². The lowest BCUT2D eigenvalue weighted by Crippen LogP contribution is -2.28. The zero-order valence-electron chi connectivity index (χ0n) is 14.9. The Balaban J connectivity index is 1.53. The summed E-state index contributed by atoms with van der Waals surface area (Å²) in [4.78, 5) is 24.2. The van der Waals surface area contributed by atoms with Crippen LogP contribution in [0, 0.1) is 5.92 Å². The van der Waals surface area contributed by atoms with Gasteiger partial charge in [0.2, 0.25) is 5.91 Å². The normalized spacial score (nSPS) is 14.9.